The van der Waals surface area contributed by atoms with Gasteiger partial charge in [-0.25, -0.2) is 0 Å². The standard InChI is InChI=1S/C17H16N2/c18-17(11-13-5-4-10-19-12-13)16-9-3-7-14-6-1-2-8-15(14)16/h1-10,12,17H,11,18H2. The van der Waals surface area contributed by atoms with E-state index in [4.69, 9.17) is 5.73 Å². The number of hydrogen-bond acceptors (Lipinski definition) is 2. The second kappa shape index (κ2) is 5.21. The Bertz CT molecular complexity index is 672. The van der Waals surface area contributed by atoms with Gasteiger partial charge in [-0.15, -0.1) is 0 Å². The van der Waals surface area contributed by atoms with Gasteiger partial charge >= 0.3 is 0 Å². The lowest BCUT2D eigenvalue weighted by Crippen LogP contribution is -2.13. The highest BCUT2D eigenvalue weighted by molar-refractivity contribution is 5.86. The summed E-state index contributed by atoms with van der Waals surface area (Å²) in [6.07, 6.45) is 4.47. The van der Waals surface area contributed by atoms with E-state index < -0.39 is 0 Å². The molecule has 0 saturated heterocycles. The second-order valence-electron chi connectivity index (χ2n) is 4.74. The Balaban J connectivity index is 1.96. The van der Waals surface area contributed by atoms with Gasteiger partial charge in [-0.2, -0.15) is 0 Å². The molecule has 0 bridgehead atoms. The van der Waals surface area contributed by atoms with Crippen molar-refractivity contribution in [2.24, 2.45) is 5.73 Å². The zero-order valence-corrected chi connectivity index (χ0v) is 10.7. The Kier molecular flexibility index (Phi) is 3.25. The number of nitrogens with two attached hydrogens (primary N) is 1. The lowest BCUT2D eigenvalue weighted by atomic mass is 9.95. The van der Waals surface area contributed by atoms with Gasteiger partial charge in [0.1, 0.15) is 0 Å². The Labute approximate surface area is 112 Å². The highest BCUT2D eigenvalue weighted by Gasteiger charge is 2.10. The van der Waals surface area contributed by atoms with Crippen LogP contribution in [0.4, 0.5) is 0 Å². The predicted octanol–water partition coefficient (Wildman–Crippen LogP) is 3.48. The van der Waals surface area contributed by atoms with Crippen molar-refractivity contribution < 1.29 is 0 Å². The fraction of sp³-hybridized carbons (Fsp3) is 0.118. The molecule has 0 aliphatic rings. The zero-order chi connectivity index (χ0) is 13.1. The molecule has 3 aromatic rings. The van der Waals surface area contributed by atoms with Crippen LogP contribution in [-0.2, 0) is 6.42 Å². The molecule has 0 fully saturated rings. The van der Waals surface area contributed by atoms with Gasteiger partial charge in [-0.3, -0.25) is 4.98 Å². The molecule has 1 atom stereocenters. The normalized spacial score (nSPS) is 12.5. The van der Waals surface area contributed by atoms with Gasteiger partial charge in [0, 0.05) is 18.4 Å². The fourth-order valence-corrected chi connectivity index (χ4v) is 2.46. The number of benzene rings is 2. The highest BCUT2D eigenvalue weighted by Crippen LogP contribution is 2.24. The number of hydrogen-bond donors (Lipinski definition) is 1. The van der Waals surface area contributed by atoms with Crippen molar-refractivity contribution in [3.8, 4) is 0 Å². The third-order valence-corrected chi connectivity index (χ3v) is 3.40. The van der Waals surface area contributed by atoms with Crippen LogP contribution in [0, 0.1) is 0 Å². The SMILES string of the molecule is NC(Cc1cccnc1)c1cccc2ccccc12. The first-order valence-electron chi connectivity index (χ1n) is 6.47. The lowest BCUT2D eigenvalue weighted by molar-refractivity contribution is 0.726. The van der Waals surface area contributed by atoms with Crippen LogP contribution in [-0.4, -0.2) is 4.98 Å². The van der Waals surface area contributed by atoms with Crippen molar-refractivity contribution in [2.45, 2.75) is 12.5 Å². The van der Waals surface area contributed by atoms with Crippen molar-refractivity contribution >= 4 is 10.8 Å². The van der Waals surface area contributed by atoms with Gasteiger partial charge in [0.25, 0.3) is 0 Å². The van der Waals surface area contributed by atoms with Gasteiger partial charge in [0.15, 0.2) is 0 Å². The Hall–Kier alpha value is -2.19. The molecule has 0 amide bonds. The average molecular weight is 248 g/mol. The second-order valence-corrected chi connectivity index (χ2v) is 4.74. The molecule has 0 aliphatic heterocycles. The Morgan fingerprint density at radius 1 is 0.947 bits per heavy atom. The maximum Gasteiger partial charge on any atom is 0.0342 e. The molecule has 2 nitrogen and oxygen atoms in total. The molecule has 19 heavy (non-hydrogen) atoms. The monoisotopic (exact) mass is 248 g/mol. The van der Waals surface area contributed by atoms with Gasteiger partial charge in [-0.1, -0.05) is 48.5 Å². The molecular formula is C17H16N2. The third kappa shape index (κ3) is 2.49. The molecule has 2 aromatic carbocycles. The summed E-state index contributed by atoms with van der Waals surface area (Å²) in [5.74, 6) is 0. The van der Waals surface area contributed by atoms with Crippen molar-refractivity contribution in [1.29, 1.82) is 0 Å². The smallest absolute Gasteiger partial charge is 0.0342 e. The van der Waals surface area contributed by atoms with E-state index >= 15 is 0 Å². The minimum Gasteiger partial charge on any atom is -0.324 e. The number of fused-ring (bicyclic) bond motifs is 1. The first-order chi connectivity index (χ1) is 9.34. The molecule has 0 aliphatic carbocycles. The van der Waals surface area contributed by atoms with Crippen molar-refractivity contribution in [2.75, 3.05) is 0 Å². The van der Waals surface area contributed by atoms with Crippen LogP contribution >= 0.6 is 0 Å². The molecule has 2 N–H and O–H groups in total. The minimum absolute atomic E-state index is 0.00435. The van der Waals surface area contributed by atoms with Crippen molar-refractivity contribution in [3.05, 3.63) is 78.1 Å². The molecular weight excluding hydrogens is 232 g/mol. The van der Waals surface area contributed by atoms with Crippen LogP contribution < -0.4 is 5.73 Å². The van der Waals surface area contributed by atoms with Gasteiger partial charge in [-0.05, 0) is 34.4 Å². The number of aromatic nitrogens is 1. The Morgan fingerprint density at radius 3 is 2.63 bits per heavy atom. The molecule has 0 radical (unpaired) electrons. The summed E-state index contributed by atoms with van der Waals surface area (Å²) in [5, 5.41) is 2.48. The first kappa shape index (κ1) is 11.9. The van der Waals surface area contributed by atoms with Gasteiger partial charge < -0.3 is 5.73 Å². The average Bonchev–Trinajstić information content (AvgIpc) is 2.47. The quantitative estimate of drug-likeness (QED) is 0.770. The summed E-state index contributed by atoms with van der Waals surface area (Å²) in [5.41, 5.74) is 8.73. The molecule has 0 spiro atoms. The Morgan fingerprint density at radius 2 is 1.79 bits per heavy atom. The molecule has 0 saturated carbocycles. The highest BCUT2D eigenvalue weighted by atomic mass is 14.6. The van der Waals surface area contributed by atoms with E-state index in [2.05, 4.69) is 53.5 Å². The van der Waals surface area contributed by atoms with E-state index in [9.17, 15) is 0 Å². The molecule has 2 heteroatoms. The molecule has 1 aromatic heterocycles. The summed E-state index contributed by atoms with van der Waals surface area (Å²) in [6, 6.07) is 18.7. The largest absolute Gasteiger partial charge is 0.324 e. The van der Waals surface area contributed by atoms with E-state index in [0.29, 0.717) is 0 Å². The van der Waals surface area contributed by atoms with Gasteiger partial charge in [0.05, 0.1) is 0 Å². The summed E-state index contributed by atoms with van der Waals surface area (Å²) in [4.78, 5) is 4.14. The van der Waals surface area contributed by atoms with Crippen LogP contribution in [0.5, 0.6) is 0 Å². The van der Waals surface area contributed by atoms with Crippen LogP contribution in [0.15, 0.2) is 67.0 Å². The summed E-state index contributed by atoms with van der Waals surface area (Å²) in [6.45, 7) is 0. The van der Waals surface area contributed by atoms with Crippen molar-refractivity contribution in [3.63, 3.8) is 0 Å². The minimum atomic E-state index is -0.00435. The van der Waals surface area contributed by atoms with Crippen LogP contribution in [0.3, 0.4) is 0 Å². The van der Waals surface area contributed by atoms with Crippen molar-refractivity contribution in [1.82, 2.24) is 4.98 Å². The van der Waals surface area contributed by atoms with E-state index in [0.717, 1.165) is 6.42 Å². The van der Waals surface area contributed by atoms with Crippen LogP contribution in [0.25, 0.3) is 10.8 Å². The molecule has 94 valence electrons. The maximum absolute atomic E-state index is 6.37. The molecule has 1 unspecified atom stereocenters. The fourth-order valence-electron chi connectivity index (χ4n) is 2.46. The summed E-state index contributed by atoms with van der Waals surface area (Å²) < 4.78 is 0. The number of pyridine rings is 1. The number of rotatable bonds is 3. The molecule has 1 heterocycles. The summed E-state index contributed by atoms with van der Waals surface area (Å²) in [7, 11) is 0. The van der Waals surface area contributed by atoms with E-state index in [1.807, 2.05) is 12.3 Å². The summed E-state index contributed by atoms with van der Waals surface area (Å²) >= 11 is 0. The predicted molar refractivity (Wildman–Crippen MR) is 78.8 cm³/mol. The maximum atomic E-state index is 6.37. The number of nitrogens with zero attached hydrogens (tertiary/aromatic N) is 1. The molecule has 3 rings (SSSR count). The van der Waals surface area contributed by atoms with E-state index in [1.165, 1.54) is 21.9 Å². The van der Waals surface area contributed by atoms with Crippen LogP contribution in [0.2, 0.25) is 0 Å². The third-order valence-electron chi connectivity index (χ3n) is 3.40. The lowest BCUT2D eigenvalue weighted by Gasteiger charge is -2.14. The first-order valence-corrected chi connectivity index (χ1v) is 6.47. The zero-order valence-electron chi connectivity index (χ0n) is 10.7. The topological polar surface area (TPSA) is 38.9 Å². The van der Waals surface area contributed by atoms with Crippen LogP contribution in [0.1, 0.15) is 17.2 Å². The van der Waals surface area contributed by atoms with E-state index in [-0.39, 0.29) is 6.04 Å². The van der Waals surface area contributed by atoms with Gasteiger partial charge in [0.2, 0.25) is 0 Å². The van der Waals surface area contributed by atoms with E-state index in [1.54, 1.807) is 6.20 Å².